The van der Waals surface area contributed by atoms with Gasteiger partial charge < -0.3 is 15.3 Å². The summed E-state index contributed by atoms with van der Waals surface area (Å²) in [5.41, 5.74) is 2.70. The summed E-state index contributed by atoms with van der Waals surface area (Å²) in [6.45, 7) is 3.33. The number of aliphatic hydroxyl groups is 1. The highest BCUT2D eigenvalue weighted by Crippen LogP contribution is 2.30. The Morgan fingerprint density at radius 2 is 1.96 bits per heavy atom. The maximum absolute atomic E-state index is 12.3. The van der Waals surface area contributed by atoms with Crippen LogP contribution in [0.15, 0.2) is 24.3 Å². The van der Waals surface area contributed by atoms with E-state index >= 15 is 0 Å². The molecule has 1 heterocycles. The Kier molecular flexibility index (Phi) is 5.77. The minimum absolute atomic E-state index is 0.165. The van der Waals surface area contributed by atoms with Crippen LogP contribution in [0.1, 0.15) is 51.0 Å². The molecule has 1 amide bonds. The minimum atomic E-state index is 0.165. The number of hydrogen-bond acceptors (Lipinski definition) is 3. The van der Waals surface area contributed by atoms with E-state index in [0.29, 0.717) is 24.4 Å². The van der Waals surface area contributed by atoms with Gasteiger partial charge in [0.15, 0.2) is 0 Å². The van der Waals surface area contributed by atoms with Crippen molar-refractivity contribution in [3.63, 3.8) is 0 Å². The minimum Gasteiger partial charge on any atom is -0.396 e. The molecular weight excluding hydrogens is 300 g/mol. The van der Waals surface area contributed by atoms with Gasteiger partial charge in [-0.05, 0) is 63.0 Å². The van der Waals surface area contributed by atoms with Gasteiger partial charge in [0.05, 0.1) is 0 Å². The number of amides is 1. The summed E-state index contributed by atoms with van der Waals surface area (Å²) in [6.07, 6.45) is 6.90. The molecule has 1 saturated carbocycles. The third-order valence-electron chi connectivity index (χ3n) is 5.71. The number of carbonyl (C=O) groups excluding carboxylic acids is 1. The Labute approximate surface area is 145 Å². The largest absolute Gasteiger partial charge is 0.396 e. The lowest BCUT2D eigenvalue weighted by molar-refractivity contribution is -0.121. The third-order valence-corrected chi connectivity index (χ3v) is 5.71. The Bertz CT molecular complexity index is 552. The molecule has 0 saturated heterocycles. The fourth-order valence-electron chi connectivity index (χ4n) is 4.11. The summed E-state index contributed by atoms with van der Waals surface area (Å²) in [5, 5.41) is 12.4. The molecule has 3 rings (SSSR count). The number of rotatable bonds is 5. The maximum Gasteiger partial charge on any atom is 0.221 e. The molecule has 0 bridgehead atoms. The smallest absolute Gasteiger partial charge is 0.221 e. The molecule has 1 aliphatic heterocycles. The molecule has 0 aromatic heterocycles. The van der Waals surface area contributed by atoms with Crippen LogP contribution in [0.5, 0.6) is 0 Å². The van der Waals surface area contributed by atoms with Gasteiger partial charge in [0.1, 0.15) is 0 Å². The van der Waals surface area contributed by atoms with Gasteiger partial charge in [-0.1, -0.05) is 18.2 Å². The predicted molar refractivity (Wildman–Crippen MR) is 97.2 cm³/mol. The van der Waals surface area contributed by atoms with Gasteiger partial charge in [-0.2, -0.15) is 0 Å². The van der Waals surface area contributed by atoms with Crippen molar-refractivity contribution in [2.45, 2.75) is 64.0 Å². The van der Waals surface area contributed by atoms with Crippen LogP contribution in [-0.2, 0) is 11.2 Å². The van der Waals surface area contributed by atoms with Crippen molar-refractivity contribution in [3.05, 3.63) is 29.8 Å². The van der Waals surface area contributed by atoms with E-state index in [0.717, 1.165) is 45.1 Å². The Balaban J connectivity index is 1.50. The number of nitrogens with one attached hydrogen (secondary N) is 1. The number of aliphatic hydroxyl groups excluding tert-OH is 1. The average Bonchev–Trinajstić information content (AvgIpc) is 2.61. The number of nitrogens with zero attached hydrogens (tertiary/aromatic N) is 1. The van der Waals surface area contributed by atoms with E-state index in [2.05, 4.69) is 41.4 Å². The van der Waals surface area contributed by atoms with Crippen LogP contribution >= 0.6 is 0 Å². The lowest BCUT2D eigenvalue weighted by atomic mass is 9.86. The summed E-state index contributed by atoms with van der Waals surface area (Å²) in [4.78, 5) is 14.7. The Hall–Kier alpha value is -1.55. The zero-order valence-corrected chi connectivity index (χ0v) is 14.7. The summed E-state index contributed by atoms with van der Waals surface area (Å²) in [5.74, 6) is 0.599. The van der Waals surface area contributed by atoms with Crippen LogP contribution in [0, 0.1) is 5.92 Å². The molecule has 1 fully saturated rings. The van der Waals surface area contributed by atoms with Crippen molar-refractivity contribution in [1.29, 1.82) is 0 Å². The fraction of sp³-hybridized carbons (Fsp3) is 0.650. The zero-order valence-electron chi connectivity index (χ0n) is 14.7. The first-order chi connectivity index (χ1) is 11.7. The summed E-state index contributed by atoms with van der Waals surface area (Å²) >= 11 is 0. The Morgan fingerprint density at radius 1 is 1.21 bits per heavy atom. The molecule has 0 spiro atoms. The summed E-state index contributed by atoms with van der Waals surface area (Å²) < 4.78 is 0. The number of hydrogen-bond donors (Lipinski definition) is 2. The first-order valence-corrected chi connectivity index (χ1v) is 9.42. The van der Waals surface area contributed by atoms with Crippen LogP contribution in [0.4, 0.5) is 5.69 Å². The highest BCUT2D eigenvalue weighted by Gasteiger charge is 2.24. The number of aryl methyl sites for hydroxylation is 1. The second-order valence-electron chi connectivity index (χ2n) is 7.43. The molecule has 1 aromatic carbocycles. The van der Waals surface area contributed by atoms with E-state index in [4.69, 9.17) is 0 Å². The Morgan fingerprint density at radius 3 is 2.71 bits per heavy atom. The summed E-state index contributed by atoms with van der Waals surface area (Å²) in [7, 11) is 0. The van der Waals surface area contributed by atoms with Crippen LogP contribution < -0.4 is 10.2 Å². The van der Waals surface area contributed by atoms with Crippen LogP contribution in [-0.4, -0.2) is 36.2 Å². The van der Waals surface area contributed by atoms with Crippen molar-refractivity contribution in [1.82, 2.24) is 5.32 Å². The second kappa shape index (κ2) is 8.02. The zero-order chi connectivity index (χ0) is 16.9. The normalized spacial score (nSPS) is 26.8. The number of para-hydroxylation sites is 1. The number of fused-ring (bicyclic) bond motifs is 1. The second-order valence-corrected chi connectivity index (χ2v) is 7.43. The van der Waals surface area contributed by atoms with Crippen molar-refractivity contribution < 1.29 is 9.90 Å². The summed E-state index contributed by atoms with van der Waals surface area (Å²) in [6, 6.07) is 9.36. The van der Waals surface area contributed by atoms with Crippen molar-refractivity contribution in [2.75, 3.05) is 18.1 Å². The molecular formula is C20H30N2O2. The molecule has 132 valence electrons. The van der Waals surface area contributed by atoms with E-state index in [1.807, 2.05) is 0 Å². The first-order valence-electron chi connectivity index (χ1n) is 9.42. The number of carbonyl (C=O) groups is 1. The van der Waals surface area contributed by atoms with Gasteiger partial charge in [-0.25, -0.2) is 0 Å². The van der Waals surface area contributed by atoms with Crippen molar-refractivity contribution in [3.8, 4) is 0 Å². The highest BCUT2D eigenvalue weighted by molar-refractivity contribution is 5.77. The molecule has 4 nitrogen and oxygen atoms in total. The van der Waals surface area contributed by atoms with Crippen molar-refractivity contribution >= 4 is 11.6 Å². The quantitative estimate of drug-likeness (QED) is 0.873. The molecule has 1 aromatic rings. The van der Waals surface area contributed by atoms with E-state index in [1.54, 1.807) is 0 Å². The van der Waals surface area contributed by atoms with Gasteiger partial charge in [0.2, 0.25) is 5.91 Å². The molecule has 2 N–H and O–H groups in total. The molecule has 4 heteroatoms. The highest BCUT2D eigenvalue weighted by atomic mass is 16.3. The standard InChI is InChI=1S/C20H30N2O2/c1-15-6-9-17-4-2-3-5-19(17)22(15)13-12-20(24)21-18-10-7-16(14-23)8-11-18/h2-5,15-16,18,23H,6-14H2,1H3,(H,21,24). The third kappa shape index (κ3) is 4.10. The molecule has 0 radical (unpaired) electrons. The van der Waals surface area contributed by atoms with Gasteiger partial charge in [-0.3, -0.25) is 4.79 Å². The molecule has 1 unspecified atom stereocenters. The number of anilines is 1. The average molecular weight is 330 g/mol. The van der Waals surface area contributed by atoms with E-state index in [9.17, 15) is 9.90 Å². The van der Waals surface area contributed by atoms with Crippen LogP contribution in [0.2, 0.25) is 0 Å². The maximum atomic E-state index is 12.3. The topological polar surface area (TPSA) is 52.6 Å². The van der Waals surface area contributed by atoms with Gasteiger partial charge in [0.25, 0.3) is 0 Å². The monoisotopic (exact) mass is 330 g/mol. The fourth-order valence-corrected chi connectivity index (χ4v) is 4.11. The lowest BCUT2D eigenvalue weighted by Gasteiger charge is -2.37. The predicted octanol–water partition coefficient (Wildman–Crippen LogP) is 2.89. The number of benzene rings is 1. The van der Waals surface area contributed by atoms with E-state index in [1.165, 1.54) is 11.3 Å². The first kappa shape index (κ1) is 17.3. The lowest BCUT2D eigenvalue weighted by Crippen LogP contribution is -2.42. The SMILES string of the molecule is CC1CCc2ccccc2N1CCC(=O)NC1CCC(CO)CC1. The van der Waals surface area contributed by atoms with E-state index < -0.39 is 0 Å². The molecule has 1 atom stereocenters. The molecule has 1 aliphatic carbocycles. The van der Waals surface area contributed by atoms with Gasteiger partial charge in [-0.15, -0.1) is 0 Å². The van der Waals surface area contributed by atoms with E-state index in [-0.39, 0.29) is 12.5 Å². The van der Waals surface area contributed by atoms with Gasteiger partial charge >= 0.3 is 0 Å². The molecule has 2 aliphatic rings. The van der Waals surface area contributed by atoms with Crippen LogP contribution in [0.25, 0.3) is 0 Å². The van der Waals surface area contributed by atoms with Crippen molar-refractivity contribution in [2.24, 2.45) is 5.92 Å². The van der Waals surface area contributed by atoms with Gasteiger partial charge in [0, 0.05) is 37.3 Å². The van der Waals surface area contributed by atoms with Crippen LogP contribution in [0.3, 0.4) is 0 Å². The molecule has 24 heavy (non-hydrogen) atoms.